The highest BCUT2D eigenvalue weighted by molar-refractivity contribution is 6.42. The van der Waals surface area contributed by atoms with Gasteiger partial charge in [0, 0.05) is 38.5 Å². The van der Waals surface area contributed by atoms with Crippen molar-refractivity contribution < 1.29 is 18.6 Å². The zero-order valence-electron chi connectivity index (χ0n) is 17.7. The Kier molecular flexibility index (Phi) is 6.79. The Morgan fingerprint density at radius 1 is 1.22 bits per heavy atom. The summed E-state index contributed by atoms with van der Waals surface area (Å²) in [5.41, 5.74) is 2.71. The number of benzene rings is 2. The highest BCUT2D eigenvalue weighted by Gasteiger charge is 2.35. The number of alkyl halides is 2. The van der Waals surface area contributed by atoms with Gasteiger partial charge in [-0.25, -0.2) is 13.8 Å². The van der Waals surface area contributed by atoms with Crippen molar-refractivity contribution in [1.29, 1.82) is 0 Å². The molecule has 0 bridgehead atoms. The van der Waals surface area contributed by atoms with Gasteiger partial charge in [-0.2, -0.15) is 0 Å². The van der Waals surface area contributed by atoms with E-state index in [1.54, 1.807) is 11.0 Å². The van der Waals surface area contributed by atoms with Gasteiger partial charge in [0.15, 0.2) is 0 Å². The van der Waals surface area contributed by atoms with E-state index in [0.29, 0.717) is 45.6 Å². The predicted molar refractivity (Wildman–Crippen MR) is 124 cm³/mol. The molecule has 3 aromatic rings. The SMILES string of the molecule is CCOc1ccc(C(CCO)c2nc3c(Cl)c(N4CCC(F)(F)CC4)c(Cl)cc3[nH]2)cc1. The number of ether oxygens (including phenoxy) is 1. The second-order valence-electron chi connectivity index (χ2n) is 7.95. The van der Waals surface area contributed by atoms with Crippen LogP contribution in [0.25, 0.3) is 11.0 Å². The molecule has 9 heteroatoms. The molecule has 2 heterocycles. The number of anilines is 1. The van der Waals surface area contributed by atoms with Crippen LogP contribution in [0.2, 0.25) is 10.0 Å². The van der Waals surface area contributed by atoms with Crippen LogP contribution in [0.15, 0.2) is 30.3 Å². The number of piperidine rings is 1. The number of hydrogen-bond donors (Lipinski definition) is 2. The Labute approximate surface area is 195 Å². The number of nitrogens with zero attached hydrogens (tertiary/aromatic N) is 2. The van der Waals surface area contributed by atoms with Crippen LogP contribution in [0.4, 0.5) is 14.5 Å². The summed E-state index contributed by atoms with van der Waals surface area (Å²) in [6, 6.07) is 9.41. The van der Waals surface area contributed by atoms with Crippen molar-refractivity contribution in [2.24, 2.45) is 0 Å². The van der Waals surface area contributed by atoms with E-state index >= 15 is 0 Å². The number of hydrogen-bond acceptors (Lipinski definition) is 4. The molecule has 2 N–H and O–H groups in total. The monoisotopic (exact) mass is 483 g/mol. The Morgan fingerprint density at radius 2 is 1.91 bits per heavy atom. The fourth-order valence-electron chi connectivity index (χ4n) is 4.16. The summed E-state index contributed by atoms with van der Waals surface area (Å²) in [5, 5.41) is 10.4. The minimum absolute atomic E-state index is 0.0172. The average molecular weight is 484 g/mol. The van der Waals surface area contributed by atoms with Crippen molar-refractivity contribution in [2.75, 3.05) is 31.2 Å². The van der Waals surface area contributed by atoms with E-state index in [-0.39, 0.29) is 38.5 Å². The molecule has 1 saturated heterocycles. The standard InChI is InChI=1S/C23H25Cl2F2N3O2/c1-2-32-15-5-3-14(4-6-15)16(7-12-31)22-28-18-13-17(24)21(19(25)20(18)29-22)30-10-8-23(26,27)9-11-30/h3-6,13,16,31H,2,7-12H2,1H3,(H,28,29). The van der Waals surface area contributed by atoms with Gasteiger partial charge in [0.2, 0.25) is 0 Å². The van der Waals surface area contributed by atoms with Crippen molar-refractivity contribution in [2.45, 2.75) is 38.0 Å². The molecule has 0 aliphatic carbocycles. The minimum Gasteiger partial charge on any atom is -0.494 e. The van der Waals surface area contributed by atoms with E-state index in [0.717, 1.165) is 11.3 Å². The van der Waals surface area contributed by atoms with E-state index < -0.39 is 5.92 Å². The number of rotatable bonds is 7. The third kappa shape index (κ3) is 4.65. The van der Waals surface area contributed by atoms with Crippen molar-refractivity contribution >= 4 is 39.9 Å². The maximum Gasteiger partial charge on any atom is 0.251 e. The summed E-state index contributed by atoms with van der Waals surface area (Å²) in [6.07, 6.45) is -0.00707. The number of nitrogens with one attached hydrogen (secondary N) is 1. The van der Waals surface area contributed by atoms with Crippen LogP contribution < -0.4 is 9.64 Å². The number of aromatic nitrogens is 2. The second-order valence-corrected chi connectivity index (χ2v) is 8.73. The highest BCUT2D eigenvalue weighted by Crippen LogP contribution is 2.42. The molecule has 1 atom stereocenters. The third-order valence-electron chi connectivity index (χ3n) is 5.82. The van der Waals surface area contributed by atoms with Crippen LogP contribution >= 0.6 is 23.2 Å². The maximum absolute atomic E-state index is 13.6. The van der Waals surface area contributed by atoms with Gasteiger partial charge < -0.3 is 19.7 Å². The molecule has 0 radical (unpaired) electrons. The zero-order chi connectivity index (χ0) is 22.9. The first-order valence-electron chi connectivity index (χ1n) is 10.7. The quantitative estimate of drug-likeness (QED) is 0.431. The van der Waals surface area contributed by atoms with E-state index in [2.05, 4.69) is 4.98 Å². The largest absolute Gasteiger partial charge is 0.494 e. The normalized spacial score (nSPS) is 17.0. The van der Waals surface area contributed by atoms with E-state index in [4.69, 9.17) is 32.9 Å². The molecule has 0 saturated carbocycles. The van der Waals surface area contributed by atoms with Gasteiger partial charge in [-0.05, 0) is 37.1 Å². The van der Waals surface area contributed by atoms with Crippen molar-refractivity contribution in [3.05, 3.63) is 51.8 Å². The van der Waals surface area contributed by atoms with E-state index in [1.807, 2.05) is 31.2 Å². The summed E-state index contributed by atoms with van der Waals surface area (Å²) in [7, 11) is 0. The lowest BCUT2D eigenvalue weighted by molar-refractivity contribution is -0.0220. The molecule has 32 heavy (non-hydrogen) atoms. The number of H-pyrrole nitrogens is 1. The fourth-order valence-corrected chi connectivity index (χ4v) is 4.89. The van der Waals surface area contributed by atoms with Crippen LogP contribution in [0.1, 0.15) is 43.5 Å². The number of fused-ring (bicyclic) bond motifs is 1. The Morgan fingerprint density at radius 3 is 2.53 bits per heavy atom. The lowest BCUT2D eigenvalue weighted by Gasteiger charge is -2.34. The number of halogens is 4. The Balaban J connectivity index is 1.69. The van der Waals surface area contributed by atoms with Crippen LogP contribution in [-0.4, -0.2) is 47.3 Å². The minimum atomic E-state index is -2.66. The van der Waals surface area contributed by atoms with Crippen LogP contribution in [-0.2, 0) is 0 Å². The first kappa shape index (κ1) is 23.1. The van der Waals surface area contributed by atoms with Crippen molar-refractivity contribution in [1.82, 2.24) is 9.97 Å². The average Bonchev–Trinajstić information content (AvgIpc) is 3.18. The second kappa shape index (κ2) is 9.41. The molecule has 1 aromatic heterocycles. The van der Waals surface area contributed by atoms with E-state index in [1.165, 1.54) is 0 Å². The molecule has 5 nitrogen and oxygen atoms in total. The first-order valence-corrected chi connectivity index (χ1v) is 11.4. The fraction of sp³-hybridized carbons (Fsp3) is 0.435. The lowest BCUT2D eigenvalue weighted by atomic mass is 9.95. The first-order chi connectivity index (χ1) is 15.3. The van der Waals surface area contributed by atoms with Gasteiger partial charge in [-0.3, -0.25) is 0 Å². The molecule has 0 amide bonds. The summed E-state index contributed by atoms with van der Waals surface area (Å²) in [5.74, 6) is -1.42. The Hall–Kier alpha value is -2.09. The van der Waals surface area contributed by atoms with Gasteiger partial charge in [0.1, 0.15) is 17.1 Å². The van der Waals surface area contributed by atoms with Crippen molar-refractivity contribution in [3.8, 4) is 5.75 Å². The number of aromatic amines is 1. The van der Waals surface area contributed by atoms with Crippen molar-refractivity contribution in [3.63, 3.8) is 0 Å². The predicted octanol–water partition coefficient (Wildman–Crippen LogP) is 6.02. The van der Waals surface area contributed by atoms with Crippen LogP contribution in [0.5, 0.6) is 5.75 Å². The lowest BCUT2D eigenvalue weighted by Crippen LogP contribution is -2.39. The zero-order valence-corrected chi connectivity index (χ0v) is 19.2. The topological polar surface area (TPSA) is 61.4 Å². The summed E-state index contributed by atoms with van der Waals surface area (Å²) in [4.78, 5) is 9.81. The number of aliphatic hydroxyl groups excluding tert-OH is 1. The molecule has 0 spiro atoms. The van der Waals surface area contributed by atoms with Gasteiger partial charge >= 0.3 is 0 Å². The highest BCUT2D eigenvalue weighted by atomic mass is 35.5. The molecule has 4 rings (SSSR count). The summed E-state index contributed by atoms with van der Waals surface area (Å²) in [6.45, 7) is 2.84. The molecule has 1 aliphatic heterocycles. The molecule has 2 aromatic carbocycles. The van der Waals surface area contributed by atoms with Gasteiger partial charge in [0.05, 0.1) is 27.9 Å². The van der Waals surface area contributed by atoms with Gasteiger partial charge in [-0.1, -0.05) is 35.3 Å². The van der Waals surface area contributed by atoms with Crippen LogP contribution in [0.3, 0.4) is 0 Å². The molecule has 1 aliphatic rings. The molecular weight excluding hydrogens is 459 g/mol. The molecule has 1 fully saturated rings. The maximum atomic E-state index is 13.6. The van der Waals surface area contributed by atoms with Gasteiger partial charge in [-0.15, -0.1) is 0 Å². The molecule has 172 valence electrons. The summed E-state index contributed by atoms with van der Waals surface area (Å²) >= 11 is 13.2. The molecule has 1 unspecified atom stereocenters. The smallest absolute Gasteiger partial charge is 0.251 e. The van der Waals surface area contributed by atoms with E-state index in [9.17, 15) is 13.9 Å². The Bertz CT molecular complexity index is 1080. The summed E-state index contributed by atoms with van der Waals surface area (Å²) < 4.78 is 32.7. The number of aliphatic hydroxyl groups is 1. The third-order valence-corrected chi connectivity index (χ3v) is 6.46. The number of imidazole rings is 1. The van der Waals surface area contributed by atoms with Gasteiger partial charge in [0.25, 0.3) is 5.92 Å². The molecular formula is C23H25Cl2F2N3O2. The van der Waals surface area contributed by atoms with Crippen LogP contribution in [0, 0.1) is 0 Å².